The molecule has 0 bridgehead atoms. The monoisotopic (exact) mass is 432 g/mol. The molecule has 2 fully saturated rings. The van der Waals surface area contributed by atoms with Crippen LogP contribution in [0.15, 0.2) is 65.7 Å². The lowest BCUT2D eigenvalue weighted by molar-refractivity contribution is 0.266. The van der Waals surface area contributed by atoms with Gasteiger partial charge < -0.3 is 5.32 Å². The van der Waals surface area contributed by atoms with E-state index in [2.05, 4.69) is 108 Å². The summed E-state index contributed by atoms with van der Waals surface area (Å²) in [6.45, 7) is 13.9. The third-order valence-corrected chi connectivity index (χ3v) is 7.64. The zero-order valence-electron chi connectivity index (χ0n) is 21.2. The zero-order valence-corrected chi connectivity index (χ0v) is 21.2. The molecule has 0 unspecified atom stereocenters. The van der Waals surface area contributed by atoms with Gasteiger partial charge in [0.2, 0.25) is 0 Å². The lowest BCUT2D eigenvalue weighted by Gasteiger charge is -2.31. The molecule has 4 rings (SSSR count). The van der Waals surface area contributed by atoms with Gasteiger partial charge in [0.05, 0.1) is 6.04 Å². The van der Waals surface area contributed by atoms with Crippen molar-refractivity contribution in [2.75, 3.05) is 0 Å². The molecule has 0 radical (unpaired) electrons. The van der Waals surface area contributed by atoms with Crippen molar-refractivity contribution < 1.29 is 0 Å². The highest BCUT2D eigenvalue weighted by Crippen LogP contribution is 2.38. The number of hydrogen-bond acceptors (Lipinski definition) is 2. The van der Waals surface area contributed by atoms with Crippen molar-refractivity contribution in [3.05, 3.63) is 71.8 Å². The van der Waals surface area contributed by atoms with Gasteiger partial charge in [-0.05, 0) is 62.5 Å². The lowest BCUT2D eigenvalue weighted by atomic mass is 9.86. The molecule has 0 amide bonds. The number of hydrogen-bond donors (Lipinski definition) is 1. The van der Waals surface area contributed by atoms with E-state index in [1.54, 1.807) is 0 Å². The molecular formula is C30H44N2. The SMILES string of the molecule is C[C@@H](N=C1CCCC1(C)C)c1ccccc1.C[C@@H](N[C@@H]1CCCC1(C)C)c1ccccc1. The molecule has 2 aliphatic carbocycles. The fourth-order valence-corrected chi connectivity index (χ4v) is 5.24. The van der Waals surface area contributed by atoms with Crippen LogP contribution in [0.1, 0.15) is 103 Å². The summed E-state index contributed by atoms with van der Waals surface area (Å²) in [4.78, 5) is 4.92. The quantitative estimate of drug-likeness (QED) is 0.504. The summed E-state index contributed by atoms with van der Waals surface area (Å²) in [5.74, 6) is 0. The Labute approximate surface area is 196 Å². The zero-order chi connectivity index (χ0) is 23.2. The molecule has 3 atom stereocenters. The Kier molecular flexibility index (Phi) is 8.33. The number of benzene rings is 2. The molecule has 0 saturated heterocycles. The van der Waals surface area contributed by atoms with E-state index in [4.69, 9.17) is 4.99 Å². The average Bonchev–Trinajstić information content (AvgIpc) is 3.29. The van der Waals surface area contributed by atoms with E-state index < -0.39 is 0 Å². The van der Waals surface area contributed by atoms with Crippen molar-refractivity contribution in [1.82, 2.24) is 5.32 Å². The third kappa shape index (κ3) is 6.54. The van der Waals surface area contributed by atoms with Crippen LogP contribution in [-0.4, -0.2) is 11.8 Å². The summed E-state index contributed by atoms with van der Waals surface area (Å²) in [6.07, 6.45) is 7.81. The molecule has 174 valence electrons. The Morgan fingerprint density at radius 2 is 1.41 bits per heavy atom. The average molecular weight is 433 g/mol. The van der Waals surface area contributed by atoms with Gasteiger partial charge in [0.25, 0.3) is 0 Å². The van der Waals surface area contributed by atoms with Gasteiger partial charge in [0, 0.05) is 23.2 Å². The van der Waals surface area contributed by atoms with Crippen LogP contribution in [0, 0.1) is 10.8 Å². The summed E-state index contributed by atoms with van der Waals surface area (Å²) in [5, 5.41) is 3.79. The Balaban J connectivity index is 0.000000181. The van der Waals surface area contributed by atoms with E-state index in [1.807, 2.05) is 0 Å². The predicted molar refractivity (Wildman–Crippen MR) is 139 cm³/mol. The Morgan fingerprint density at radius 3 is 1.91 bits per heavy atom. The van der Waals surface area contributed by atoms with Crippen molar-refractivity contribution in [2.24, 2.45) is 15.8 Å². The number of aliphatic imine (C=N–C) groups is 1. The minimum absolute atomic E-state index is 0.300. The molecule has 0 aliphatic heterocycles. The van der Waals surface area contributed by atoms with Crippen molar-refractivity contribution in [2.45, 2.75) is 98.2 Å². The molecule has 0 heterocycles. The van der Waals surface area contributed by atoms with Crippen LogP contribution in [-0.2, 0) is 0 Å². The van der Waals surface area contributed by atoms with Crippen molar-refractivity contribution in [1.29, 1.82) is 0 Å². The van der Waals surface area contributed by atoms with E-state index in [1.165, 1.54) is 55.4 Å². The van der Waals surface area contributed by atoms with Gasteiger partial charge in [-0.25, -0.2) is 0 Å². The number of rotatable bonds is 5. The van der Waals surface area contributed by atoms with Crippen LogP contribution < -0.4 is 5.32 Å². The van der Waals surface area contributed by atoms with Gasteiger partial charge >= 0.3 is 0 Å². The second-order valence-electron chi connectivity index (χ2n) is 11.1. The fraction of sp³-hybridized carbons (Fsp3) is 0.567. The smallest absolute Gasteiger partial charge is 0.0720 e. The van der Waals surface area contributed by atoms with E-state index in [0.29, 0.717) is 29.0 Å². The molecule has 1 N–H and O–H groups in total. The van der Waals surface area contributed by atoms with Crippen LogP contribution in [0.2, 0.25) is 0 Å². The molecule has 0 aromatic heterocycles. The molecule has 2 aromatic carbocycles. The van der Waals surface area contributed by atoms with E-state index in [-0.39, 0.29) is 0 Å². The summed E-state index contributed by atoms with van der Waals surface area (Å²) in [5.41, 5.74) is 4.90. The summed E-state index contributed by atoms with van der Waals surface area (Å²) >= 11 is 0. The first-order valence-corrected chi connectivity index (χ1v) is 12.6. The first-order valence-electron chi connectivity index (χ1n) is 12.6. The first kappa shape index (κ1) is 24.7. The molecular weight excluding hydrogens is 388 g/mol. The molecule has 2 saturated carbocycles. The second-order valence-corrected chi connectivity index (χ2v) is 11.1. The highest BCUT2D eigenvalue weighted by atomic mass is 15.0. The fourth-order valence-electron chi connectivity index (χ4n) is 5.24. The van der Waals surface area contributed by atoms with Gasteiger partial charge in [-0.3, -0.25) is 4.99 Å². The number of nitrogens with zero attached hydrogens (tertiary/aromatic N) is 1. The standard InChI is InChI=1S/C15H23N.C15H21N/c2*1-12(13-8-5-4-6-9-13)16-14-10-7-11-15(14,2)3/h4-6,8-9,12,14,16H,7,10-11H2,1-3H3;4-6,8-9,12H,7,10-11H2,1-3H3/t12-,14-;12-/m11/s1. The van der Waals surface area contributed by atoms with Crippen molar-refractivity contribution in [3.63, 3.8) is 0 Å². The van der Waals surface area contributed by atoms with Crippen LogP contribution in [0.3, 0.4) is 0 Å². The summed E-state index contributed by atoms with van der Waals surface area (Å²) in [7, 11) is 0. The van der Waals surface area contributed by atoms with Gasteiger partial charge in [-0.1, -0.05) is 94.8 Å². The van der Waals surface area contributed by atoms with Gasteiger partial charge in [0.15, 0.2) is 0 Å². The Hall–Kier alpha value is -1.93. The highest BCUT2D eigenvalue weighted by Gasteiger charge is 2.35. The minimum atomic E-state index is 0.300. The van der Waals surface area contributed by atoms with Crippen LogP contribution in [0.4, 0.5) is 0 Å². The lowest BCUT2D eigenvalue weighted by Crippen LogP contribution is -2.39. The Bertz CT molecular complexity index is 851. The van der Waals surface area contributed by atoms with Crippen molar-refractivity contribution >= 4 is 5.71 Å². The third-order valence-electron chi connectivity index (χ3n) is 7.64. The maximum Gasteiger partial charge on any atom is 0.0720 e. The normalized spacial score (nSPS) is 24.6. The molecule has 32 heavy (non-hydrogen) atoms. The van der Waals surface area contributed by atoms with E-state index >= 15 is 0 Å². The summed E-state index contributed by atoms with van der Waals surface area (Å²) in [6, 6.07) is 22.7. The minimum Gasteiger partial charge on any atom is -0.307 e. The highest BCUT2D eigenvalue weighted by molar-refractivity contribution is 5.91. The topological polar surface area (TPSA) is 24.4 Å². The van der Waals surface area contributed by atoms with Crippen molar-refractivity contribution in [3.8, 4) is 0 Å². The molecule has 2 heteroatoms. The van der Waals surface area contributed by atoms with E-state index in [0.717, 1.165) is 0 Å². The second kappa shape index (κ2) is 10.8. The maximum absolute atomic E-state index is 4.92. The van der Waals surface area contributed by atoms with Gasteiger partial charge in [0.1, 0.15) is 0 Å². The largest absolute Gasteiger partial charge is 0.307 e. The van der Waals surface area contributed by atoms with Crippen LogP contribution >= 0.6 is 0 Å². The van der Waals surface area contributed by atoms with E-state index in [9.17, 15) is 0 Å². The molecule has 2 nitrogen and oxygen atoms in total. The van der Waals surface area contributed by atoms with Crippen LogP contribution in [0.25, 0.3) is 0 Å². The molecule has 2 aromatic rings. The molecule has 0 spiro atoms. The first-order chi connectivity index (χ1) is 15.2. The maximum atomic E-state index is 4.92. The van der Waals surface area contributed by atoms with Gasteiger partial charge in [-0.15, -0.1) is 0 Å². The Morgan fingerprint density at radius 1 is 0.812 bits per heavy atom. The van der Waals surface area contributed by atoms with Crippen LogP contribution in [0.5, 0.6) is 0 Å². The molecule has 2 aliphatic rings. The number of nitrogens with one attached hydrogen (secondary N) is 1. The predicted octanol–water partition coefficient (Wildman–Crippen LogP) is 8.31. The summed E-state index contributed by atoms with van der Waals surface area (Å²) < 4.78 is 0. The van der Waals surface area contributed by atoms with Gasteiger partial charge in [-0.2, -0.15) is 0 Å².